The van der Waals surface area contributed by atoms with Crippen molar-refractivity contribution < 1.29 is 32.6 Å². The summed E-state index contributed by atoms with van der Waals surface area (Å²) < 4.78 is 33.4. The third-order valence-electron chi connectivity index (χ3n) is 3.64. The van der Waals surface area contributed by atoms with Gasteiger partial charge in [-0.2, -0.15) is 0 Å². The van der Waals surface area contributed by atoms with Gasteiger partial charge in [-0.3, -0.25) is 9.32 Å². The summed E-state index contributed by atoms with van der Waals surface area (Å²) in [5.74, 6) is -3.47. The standard InChI is InChI=1S/C16H12ClFN4O7/c1-26-15(24)11(23)3-2-6-27-14-12(19-29-21-14)13-20-28-16(25)22(13)8-4-5-10(18)9(17)7-8/h4-5,7H,2-3,6H2,1H3. The molecule has 1 aromatic carbocycles. The summed E-state index contributed by atoms with van der Waals surface area (Å²) in [5, 5.41) is 10.6. The fourth-order valence-corrected chi connectivity index (χ4v) is 2.46. The van der Waals surface area contributed by atoms with E-state index in [1.54, 1.807) is 0 Å². The lowest BCUT2D eigenvalue weighted by molar-refractivity contribution is -0.151. The van der Waals surface area contributed by atoms with Crippen molar-refractivity contribution in [1.29, 1.82) is 0 Å². The van der Waals surface area contributed by atoms with Gasteiger partial charge in [0, 0.05) is 6.42 Å². The first-order chi connectivity index (χ1) is 13.9. The Bertz CT molecular complexity index is 1110. The number of carbonyl (C=O) groups excluding carboxylic acids is 2. The van der Waals surface area contributed by atoms with Gasteiger partial charge in [0.05, 0.1) is 24.4 Å². The zero-order chi connectivity index (χ0) is 21.0. The Kier molecular flexibility index (Phi) is 6.02. The van der Waals surface area contributed by atoms with Crippen LogP contribution >= 0.6 is 11.6 Å². The topological polar surface area (TPSA) is 140 Å². The molecule has 152 valence electrons. The molecule has 0 unspecified atom stereocenters. The normalized spacial score (nSPS) is 10.7. The fraction of sp³-hybridized carbons (Fsp3) is 0.250. The Hall–Kier alpha value is -3.54. The van der Waals surface area contributed by atoms with Gasteiger partial charge in [0.25, 0.3) is 5.88 Å². The number of aromatic nitrogens is 4. The highest BCUT2D eigenvalue weighted by atomic mass is 35.5. The van der Waals surface area contributed by atoms with Crippen LogP contribution in [-0.4, -0.2) is 45.5 Å². The molecule has 0 aliphatic carbocycles. The van der Waals surface area contributed by atoms with Crippen LogP contribution in [0.1, 0.15) is 12.8 Å². The SMILES string of the molecule is COC(=O)C(=O)CCCOc1nonc1-c1noc(=O)n1-c1ccc(F)c(Cl)c1. The van der Waals surface area contributed by atoms with Crippen molar-refractivity contribution in [3.8, 4) is 23.1 Å². The van der Waals surface area contributed by atoms with Gasteiger partial charge in [0.15, 0.2) is 0 Å². The predicted octanol–water partition coefficient (Wildman–Crippen LogP) is 1.57. The van der Waals surface area contributed by atoms with Gasteiger partial charge in [-0.05, 0) is 34.9 Å². The molecule has 0 atom stereocenters. The van der Waals surface area contributed by atoms with Crippen LogP contribution in [0.25, 0.3) is 17.2 Å². The second-order valence-electron chi connectivity index (χ2n) is 5.49. The Morgan fingerprint density at radius 2 is 2.07 bits per heavy atom. The molecule has 0 N–H and O–H groups in total. The lowest BCUT2D eigenvalue weighted by Crippen LogP contribution is -2.16. The smallest absolute Gasteiger partial charge is 0.446 e. The highest BCUT2D eigenvalue weighted by Gasteiger charge is 2.24. The molecule has 13 heteroatoms. The fourth-order valence-electron chi connectivity index (χ4n) is 2.28. The van der Waals surface area contributed by atoms with Gasteiger partial charge in [0.1, 0.15) is 5.82 Å². The van der Waals surface area contributed by atoms with Crippen molar-refractivity contribution in [2.75, 3.05) is 13.7 Å². The van der Waals surface area contributed by atoms with E-state index in [0.717, 1.165) is 17.7 Å². The second kappa shape index (κ2) is 8.65. The van der Waals surface area contributed by atoms with Crippen LogP contribution in [0.5, 0.6) is 5.88 Å². The Morgan fingerprint density at radius 1 is 1.28 bits per heavy atom. The third kappa shape index (κ3) is 4.32. The molecule has 2 heterocycles. The monoisotopic (exact) mass is 426 g/mol. The van der Waals surface area contributed by atoms with E-state index >= 15 is 0 Å². The highest BCUT2D eigenvalue weighted by Crippen LogP contribution is 2.27. The number of hydrogen-bond acceptors (Lipinski definition) is 10. The molecule has 0 saturated carbocycles. The summed E-state index contributed by atoms with van der Waals surface area (Å²) >= 11 is 5.76. The zero-order valence-corrected chi connectivity index (χ0v) is 15.5. The summed E-state index contributed by atoms with van der Waals surface area (Å²) in [7, 11) is 1.11. The molecular formula is C16H12ClFN4O7. The molecule has 0 spiro atoms. The van der Waals surface area contributed by atoms with E-state index in [1.165, 1.54) is 12.1 Å². The first-order valence-corrected chi connectivity index (χ1v) is 8.41. The molecular weight excluding hydrogens is 415 g/mol. The minimum Gasteiger partial charge on any atom is -0.474 e. The van der Waals surface area contributed by atoms with Gasteiger partial charge in [-0.25, -0.2) is 23.2 Å². The minimum absolute atomic E-state index is 0.0194. The summed E-state index contributed by atoms with van der Waals surface area (Å²) in [4.78, 5) is 34.5. The van der Waals surface area contributed by atoms with Crippen LogP contribution in [-0.2, 0) is 14.3 Å². The summed E-state index contributed by atoms with van der Waals surface area (Å²) in [6, 6.07) is 3.55. The van der Waals surface area contributed by atoms with E-state index in [9.17, 15) is 18.8 Å². The van der Waals surface area contributed by atoms with Crippen molar-refractivity contribution in [2.45, 2.75) is 12.8 Å². The molecule has 0 amide bonds. The molecule has 2 aromatic heterocycles. The van der Waals surface area contributed by atoms with Gasteiger partial charge >= 0.3 is 11.7 Å². The number of halogens is 2. The number of methoxy groups -OCH3 is 1. The van der Waals surface area contributed by atoms with Crippen molar-refractivity contribution in [3.05, 3.63) is 39.6 Å². The number of ketones is 1. The third-order valence-corrected chi connectivity index (χ3v) is 3.93. The molecule has 0 fully saturated rings. The summed E-state index contributed by atoms with van der Waals surface area (Å²) in [6.45, 7) is -0.0194. The van der Waals surface area contributed by atoms with E-state index < -0.39 is 23.3 Å². The van der Waals surface area contributed by atoms with Crippen LogP contribution in [0, 0.1) is 5.82 Å². The first-order valence-electron chi connectivity index (χ1n) is 8.03. The number of carbonyl (C=O) groups is 2. The maximum atomic E-state index is 13.4. The number of rotatable bonds is 8. The van der Waals surface area contributed by atoms with Crippen LogP contribution in [0.15, 0.2) is 32.1 Å². The van der Waals surface area contributed by atoms with E-state index in [4.69, 9.17) is 16.3 Å². The number of ether oxygens (including phenoxy) is 2. The molecule has 0 aliphatic heterocycles. The lowest BCUT2D eigenvalue weighted by atomic mass is 10.2. The molecule has 3 rings (SSSR count). The average molecular weight is 427 g/mol. The van der Waals surface area contributed by atoms with Crippen molar-refractivity contribution in [3.63, 3.8) is 0 Å². The van der Waals surface area contributed by atoms with Gasteiger partial charge in [0.2, 0.25) is 17.3 Å². The lowest BCUT2D eigenvalue weighted by Gasteiger charge is -2.05. The molecule has 0 aliphatic rings. The van der Waals surface area contributed by atoms with Crippen LogP contribution in [0.4, 0.5) is 4.39 Å². The van der Waals surface area contributed by atoms with Gasteiger partial charge in [-0.15, -0.1) is 0 Å². The number of hydrogen-bond donors (Lipinski definition) is 0. The maximum Gasteiger partial charge on any atom is 0.446 e. The Morgan fingerprint density at radius 3 is 2.79 bits per heavy atom. The molecule has 0 radical (unpaired) electrons. The predicted molar refractivity (Wildman–Crippen MR) is 92.1 cm³/mol. The maximum absolute atomic E-state index is 13.4. The van der Waals surface area contributed by atoms with Crippen molar-refractivity contribution in [1.82, 2.24) is 20.0 Å². The quantitative estimate of drug-likeness (QED) is 0.296. The second-order valence-corrected chi connectivity index (χ2v) is 5.90. The van der Waals surface area contributed by atoms with Crippen LogP contribution in [0.3, 0.4) is 0 Å². The van der Waals surface area contributed by atoms with E-state index in [-0.39, 0.29) is 47.6 Å². The van der Waals surface area contributed by atoms with Crippen molar-refractivity contribution in [2.24, 2.45) is 0 Å². The van der Waals surface area contributed by atoms with E-state index in [2.05, 4.69) is 29.4 Å². The van der Waals surface area contributed by atoms with Crippen molar-refractivity contribution >= 4 is 23.4 Å². The average Bonchev–Trinajstić information content (AvgIpc) is 3.32. The summed E-state index contributed by atoms with van der Waals surface area (Å²) in [6.07, 6.45) is 0.0788. The zero-order valence-electron chi connectivity index (χ0n) is 14.8. The first kappa shape index (κ1) is 20.2. The number of Topliss-reactive ketones (excluding diaryl/α,β-unsaturated/α-hetero) is 1. The number of esters is 1. The Labute approximate surface area is 165 Å². The summed E-state index contributed by atoms with van der Waals surface area (Å²) in [5.41, 5.74) is 0.0888. The number of benzene rings is 1. The molecule has 0 saturated heterocycles. The Balaban J connectivity index is 1.79. The van der Waals surface area contributed by atoms with Crippen LogP contribution in [0.2, 0.25) is 5.02 Å². The van der Waals surface area contributed by atoms with E-state index in [0.29, 0.717) is 0 Å². The molecule has 0 bridgehead atoms. The molecule has 11 nitrogen and oxygen atoms in total. The molecule has 3 aromatic rings. The van der Waals surface area contributed by atoms with Gasteiger partial charge in [-0.1, -0.05) is 16.8 Å². The molecule has 29 heavy (non-hydrogen) atoms. The number of nitrogens with zero attached hydrogens (tertiary/aromatic N) is 4. The van der Waals surface area contributed by atoms with E-state index in [1.807, 2.05) is 0 Å². The highest BCUT2D eigenvalue weighted by molar-refractivity contribution is 6.33. The minimum atomic E-state index is -0.946. The van der Waals surface area contributed by atoms with Gasteiger partial charge < -0.3 is 9.47 Å². The largest absolute Gasteiger partial charge is 0.474 e. The van der Waals surface area contributed by atoms with Crippen LogP contribution < -0.4 is 10.5 Å².